The summed E-state index contributed by atoms with van der Waals surface area (Å²) in [7, 11) is 0. The van der Waals surface area contributed by atoms with Crippen LogP contribution in [0.2, 0.25) is 0 Å². The number of hydrogen-bond acceptors (Lipinski definition) is 4. The molecule has 0 aromatic heterocycles. The molecule has 1 N–H and O–H groups in total. The van der Waals surface area contributed by atoms with Crippen LogP contribution in [-0.2, 0) is 27.4 Å². The van der Waals surface area contributed by atoms with Gasteiger partial charge in [0.15, 0.2) is 0 Å². The Morgan fingerprint density at radius 3 is 2.20 bits per heavy atom. The van der Waals surface area contributed by atoms with Crippen molar-refractivity contribution in [3.8, 4) is 0 Å². The van der Waals surface area contributed by atoms with Crippen LogP contribution >= 0.6 is 11.8 Å². The summed E-state index contributed by atoms with van der Waals surface area (Å²) in [4.78, 5) is 25.8. The number of esters is 1. The number of nitrogens with one attached hydrogen (secondary N) is 1. The van der Waals surface area contributed by atoms with Crippen LogP contribution in [0.4, 0.5) is 0 Å². The first-order valence-electron chi connectivity index (χ1n) is 10.8. The van der Waals surface area contributed by atoms with Crippen molar-refractivity contribution in [1.29, 1.82) is 0 Å². The molecule has 30 heavy (non-hydrogen) atoms. The van der Waals surface area contributed by atoms with Gasteiger partial charge < -0.3 is 10.1 Å². The molecule has 4 nitrogen and oxygen atoms in total. The number of amides is 1. The van der Waals surface area contributed by atoms with Gasteiger partial charge in [0.05, 0.1) is 5.92 Å². The van der Waals surface area contributed by atoms with Gasteiger partial charge in [0.25, 0.3) is 0 Å². The van der Waals surface area contributed by atoms with E-state index in [4.69, 9.17) is 4.74 Å². The van der Waals surface area contributed by atoms with E-state index in [-0.39, 0.29) is 24.4 Å². The smallest absolute Gasteiger partial charge is 0.328 e. The second-order valence-electron chi connectivity index (χ2n) is 7.34. The van der Waals surface area contributed by atoms with Crippen molar-refractivity contribution in [3.05, 3.63) is 71.8 Å². The van der Waals surface area contributed by atoms with Gasteiger partial charge in [-0.15, -0.1) is 0 Å². The molecule has 0 heterocycles. The topological polar surface area (TPSA) is 55.4 Å². The van der Waals surface area contributed by atoms with E-state index in [2.05, 4.69) is 19.2 Å². The molecular weight excluding hydrogens is 394 g/mol. The van der Waals surface area contributed by atoms with E-state index in [1.807, 2.05) is 60.7 Å². The average molecular weight is 428 g/mol. The van der Waals surface area contributed by atoms with Gasteiger partial charge in [-0.05, 0) is 29.7 Å². The van der Waals surface area contributed by atoms with Crippen LogP contribution in [0, 0.1) is 5.92 Å². The summed E-state index contributed by atoms with van der Waals surface area (Å²) in [6, 6.07) is 19.0. The van der Waals surface area contributed by atoms with Gasteiger partial charge in [0.1, 0.15) is 12.6 Å². The number of hydrogen-bond donors (Lipinski definition) is 1. The Morgan fingerprint density at radius 1 is 0.967 bits per heavy atom. The molecule has 2 rings (SSSR count). The van der Waals surface area contributed by atoms with Crippen molar-refractivity contribution >= 4 is 23.6 Å². The van der Waals surface area contributed by atoms with Gasteiger partial charge in [0.2, 0.25) is 5.91 Å². The Labute approximate surface area is 184 Å². The Morgan fingerprint density at radius 2 is 1.60 bits per heavy atom. The van der Waals surface area contributed by atoms with E-state index in [9.17, 15) is 9.59 Å². The molecule has 2 aromatic carbocycles. The van der Waals surface area contributed by atoms with Crippen molar-refractivity contribution in [1.82, 2.24) is 5.32 Å². The van der Waals surface area contributed by atoms with Crippen LogP contribution in [-0.4, -0.2) is 29.4 Å². The third kappa shape index (κ3) is 8.62. The molecule has 2 atom stereocenters. The van der Waals surface area contributed by atoms with Crippen molar-refractivity contribution < 1.29 is 14.3 Å². The van der Waals surface area contributed by atoms with Crippen LogP contribution in [0.25, 0.3) is 0 Å². The van der Waals surface area contributed by atoms with Gasteiger partial charge in [-0.25, -0.2) is 4.79 Å². The quantitative estimate of drug-likeness (QED) is 0.456. The lowest BCUT2D eigenvalue weighted by molar-refractivity contribution is -0.149. The first-order chi connectivity index (χ1) is 14.6. The zero-order chi connectivity index (χ0) is 21.6. The maximum atomic E-state index is 13.1. The highest BCUT2D eigenvalue weighted by Crippen LogP contribution is 2.16. The molecule has 0 saturated heterocycles. The van der Waals surface area contributed by atoms with Crippen LogP contribution in [0.1, 0.15) is 44.2 Å². The predicted molar refractivity (Wildman–Crippen MR) is 124 cm³/mol. The molecule has 2 aromatic rings. The fourth-order valence-corrected chi connectivity index (χ4v) is 3.95. The van der Waals surface area contributed by atoms with Crippen molar-refractivity contribution in [2.24, 2.45) is 5.92 Å². The number of benzene rings is 2. The van der Waals surface area contributed by atoms with Gasteiger partial charge >= 0.3 is 5.97 Å². The standard InChI is InChI=1S/C25H33NO3S/c1-3-5-16-23(25(28)29-18-21-14-10-7-11-15-21)26-24(27)22(19-30-4-2)17-20-12-8-6-9-13-20/h6-15,22-23H,3-5,16-19H2,1-2H3,(H,26,27)/t22-,23+/m1/s1. The molecule has 1 amide bonds. The third-order valence-electron chi connectivity index (χ3n) is 4.89. The van der Waals surface area contributed by atoms with E-state index < -0.39 is 6.04 Å². The summed E-state index contributed by atoms with van der Waals surface area (Å²) >= 11 is 1.75. The van der Waals surface area contributed by atoms with Gasteiger partial charge in [-0.3, -0.25) is 4.79 Å². The monoisotopic (exact) mass is 427 g/mol. The molecule has 0 spiro atoms. The lowest BCUT2D eigenvalue weighted by atomic mass is 9.99. The molecule has 0 unspecified atom stereocenters. The Balaban J connectivity index is 2.01. The molecule has 162 valence electrons. The highest BCUT2D eigenvalue weighted by atomic mass is 32.2. The minimum absolute atomic E-state index is 0.0717. The number of rotatable bonds is 13. The van der Waals surface area contributed by atoms with Crippen LogP contribution in [0.15, 0.2) is 60.7 Å². The van der Waals surface area contributed by atoms with E-state index in [0.717, 1.165) is 35.5 Å². The van der Waals surface area contributed by atoms with Crippen LogP contribution in [0.5, 0.6) is 0 Å². The maximum Gasteiger partial charge on any atom is 0.328 e. The van der Waals surface area contributed by atoms with Crippen molar-refractivity contribution in [3.63, 3.8) is 0 Å². The summed E-state index contributed by atoms with van der Waals surface area (Å²) in [6.07, 6.45) is 3.07. The molecule has 0 aliphatic carbocycles. The maximum absolute atomic E-state index is 13.1. The molecule has 5 heteroatoms. The van der Waals surface area contributed by atoms with E-state index >= 15 is 0 Å². The van der Waals surface area contributed by atoms with Crippen molar-refractivity contribution in [2.45, 2.75) is 52.2 Å². The largest absolute Gasteiger partial charge is 0.459 e. The summed E-state index contributed by atoms with van der Waals surface area (Å²) in [5.41, 5.74) is 2.07. The van der Waals surface area contributed by atoms with E-state index in [1.165, 1.54) is 0 Å². The van der Waals surface area contributed by atoms with Crippen LogP contribution in [0.3, 0.4) is 0 Å². The average Bonchev–Trinajstić information content (AvgIpc) is 2.79. The Kier molecular flexibility index (Phi) is 11.1. The lowest BCUT2D eigenvalue weighted by Gasteiger charge is -2.22. The SMILES string of the molecule is CCCC[C@H](NC(=O)[C@@H](CSCC)Cc1ccccc1)C(=O)OCc1ccccc1. The fourth-order valence-electron chi connectivity index (χ4n) is 3.16. The molecule has 0 fully saturated rings. The van der Waals surface area contributed by atoms with Crippen LogP contribution < -0.4 is 5.32 Å². The van der Waals surface area contributed by atoms with Crippen molar-refractivity contribution in [2.75, 3.05) is 11.5 Å². The van der Waals surface area contributed by atoms with Gasteiger partial charge in [-0.2, -0.15) is 11.8 Å². The van der Waals surface area contributed by atoms with E-state index in [1.54, 1.807) is 11.8 Å². The molecule has 0 aliphatic heterocycles. The summed E-state index contributed by atoms with van der Waals surface area (Å²) in [5.74, 6) is 1.08. The molecular formula is C25H33NO3S. The number of thioether (sulfide) groups is 1. The highest BCUT2D eigenvalue weighted by Gasteiger charge is 2.26. The number of unbranched alkanes of at least 4 members (excludes halogenated alkanes) is 1. The molecule has 0 bridgehead atoms. The number of ether oxygens (including phenoxy) is 1. The Hall–Kier alpha value is -2.27. The molecule has 0 saturated carbocycles. The Bertz CT molecular complexity index is 752. The summed E-state index contributed by atoms with van der Waals surface area (Å²) in [6.45, 7) is 4.38. The number of carbonyl (C=O) groups excluding carboxylic acids is 2. The minimum atomic E-state index is -0.605. The first-order valence-corrected chi connectivity index (χ1v) is 11.9. The lowest BCUT2D eigenvalue weighted by Crippen LogP contribution is -2.45. The number of carbonyl (C=O) groups is 2. The zero-order valence-electron chi connectivity index (χ0n) is 18.0. The molecule has 0 radical (unpaired) electrons. The van der Waals surface area contributed by atoms with Gasteiger partial charge in [-0.1, -0.05) is 87.4 Å². The predicted octanol–water partition coefficient (Wildman–Crippen LogP) is 5.02. The summed E-state index contributed by atoms with van der Waals surface area (Å²) in [5, 5.41) is 2.99. The minimum Gasteiger partial charge on any atom is -0.459 e. The fraction of sp³-hybridized carbons (Fsp3) is 0.440. The highest BCUT2D eigenvalue weighted by molar-refractivity contribution is 7.99. The second kappa shape index (κ2) is 13.9. The zero-order valence-corrected chi connectivity index (χ0v) is 18.8. The second-order valence-corrected chi connectivity index (χ2v) is 8.66. The first kappa shape index (κ1) is 24.0. The van der Waals surface area contributed by atoms with Gasteiger partial charge in [0, 0.05) is 5.75 Å². The third-order valence-corrected chi connectivity index (χ3v) is 5.94. The summed E-state index contributed by atoms with van der Waals surface area (Å²) < 4.78 is 5.51. The van der Waals surface area contributed by atoms with E-state index in [0.29, 0.717) is 12.8 Å². The molecule has 0 aliphatic rings. The normalized spacial score (nSPS) is 12.7.